The Morgan fingerprint density at radius 2 is 1.96 bits per heavy atom. The number of nitrogens with one attached hydrogen (secondary N) is 3. The number of H-pyrrole nitrogens is 1. The first-order chi connectivity index (χ1) is 12.9. The van der Waals surface area contributed by atoms with Gasteiger partial charge in [-0.1, -0.05) is 30.3 Å². The number of halogens is 2. The molecule has 138 valence electrons. The van der Waals surface area contributed by atoms with Gasteiger partial charge in [-0.3, -0.25) is 10.2 Å². The molecule has 27 heavy (non-hydrogen) atoms. The fourth-order valence-electron chi connectivity index (χ4n) is 2.53. The molecule has 0 saturated carbocycles. The Bertz CT molecular complexity index is 1040. The number of carbonyl (C=O) groups is 1. The van der Waals surface area contributed by atoms with Crippen LogP contribution in [-0.2, 0) is 4.79 Å². The number of carbonyl (C=O) groups excluding carboxylic acids is 1. The van der Waals surface area contributed by atoms with Gasteiger partial charge in [0.05, 0.1) is 17.6 Å². The molecule has 0 aliphatic rings. The van der Waals surface area contributed by atoms with Gasteiger partial charge in [0.2, 0.25) is 0 Å². The number of pyridine rings is 1. The minimum atomic E-state index is -2.92. The molecule has 0 aliphatic carbocycles. The van der Waals surface area contributed by atoms with Crippen molar-refractivity contribution in [1.29, 1.82) is 5.41 Å². The molecule has 1 amide bonds. The standard InChI is InChI=1S/C19H17F2N5O/c1-10(15(22)17(20)21)16(23)19(27)25-13-7-12-8-14(26-18(12)24-9-13)11-5-3-2-4-6-11/h2-9,17,23H,22H2,1H3,(H,24,26)(H,25,27)/b15-10-,23-16?. The number of anilines is 1. The Morgan fingerprint density at radius 3 is 2.63 bits per heavy atom. The molecule has 0 radical (unpaired) electrons. The lowest BCUT2D eigenvalue weighted by Crippen LogP contribution is -2.26. The first-order valence-electron chi connectivity index (χ1n) is 8.05. The number of nitrogens with two attached hydrogens (primary N) is 1. The minimum absolute atomic E-state index is 0.260. The molecule has 2 aromatic heterocycles. The maximum absolute atomic E-state index is 12.6. The number of nitrogens with zero attached hydrogens (tertiary/aromatic N) is 1. The smallest absolute Gasteiger partial charge is 0.278 e. The van der Waals surface area contributed by atoms with Crippen LogP contribution in [0.3, 0.4) is 0 Å². The van der Waals surface area contributed by atoms with Gasteiger partial charge in [0.25, 0.3) is 12.3 Å². The van der Waals surface area contributed by atoms with Crippen molar-refractivity contribution in [2.75, 3.05) is 5.32 Å². The van der Waals surface area contributed by atoms with E-state index in [1.807, 2.05) is 36.4 Å². The third kappa shape index (κ3) is 3.84. The first kappa shape index (κ1) is 18.2. The average molecular weight is 369 g/mol. The number of alkyl halides is 2. The van der Waals surface area contributed by atoms with E-state index in [4.69, 9.17) is 11.1 Å². The van der Waals surface area contributed by atoms with E-state index < -0.39 is 23.7 Å². The molecule has 0 atom stereocenters. The Morgan fingerprint density at radius 1 is 1.26 bits per heavy atom. The SMILES string of the molecule is C/C(C(=N)C(=O)Nc1cnc2[nH]c(-c3ccccc3)cc2c1)=C(/N)C(F)F. The molecule has 0 aliphatic heterocycles. The van der Waals surface area contributed by atoms with Gasteiger partial charge in [0, 0.05) is 16.7 Å². The summed E-state index contributed by atoms with van der Waals surface area (Å²) in [5.41, 5.74) is 6.40. The zero-order valence-corrected chi connectivity index (χ0v) is 14.4. The quantitative estimate of drug-likeness (QED) is 0.515. The number of benzene rings is 1. The van der Waals surface area contributed by atoms with Gasteiger partial charge < -0.3 is 16.0 Å². The molecular weight excluding hydrogens is 352 g/mol. The van der Waals surface area contributed by atoms with Crippen molar-refractivity contribution in [2.24, 2.45) is 5.73 Å². The maximum atomic E-state index is 12.6. The lowest BCUT2D eigenvalue weighted by Gasteiger charge is -2.09. The molecule has 0 spiro atoms. The molecule has 3 aromatic rings. The number of aromatic amines is 1. The highest BCUT2D eigenvalue weighted by atomic mass is 19.3. The molecule has 5 N–H and O–H groups in total. The van der Waals surface area contributed by atoms with E-state index in [0.29, 0.717) is 11.3 Å². The van der Waals surface area contributed by atoms with Crippen LogP contribution in [0.15, 0.2) is 59.9 Å². The predicted octanol–water partition coefficient (Wildman–Crippen LogP) is 3.69. The number of amides is 1. The molecule has 2 heterocycles. The van der Waals surface area contributed by atoms with Gasteiger partial charge in [0.1, 0.15) is 11.4 Å². The van der Waals surface area contributed by atoms with Crippen LogP contribution in [-0.4, -0.2) is 28.0 Å². The van der Waals surface area contributed by atoms with Crippen LogP contribution >= 0.6 is 0 Å². The van der Waals surface area contributed by atoms with E-state index in [0.717, 1.165) is 16.6 Å². The molecule has 1 aromatic carbocycles. The summed E-state index contributed by atoms with van der Waals surface area (Å²) < 4.78 is 25.2. The summed E-state index contributed by atoms with van der Waals surface area (Å²) in [6.07, 6.45) is -1.50. The van der Waals surface area contributed by atoms with E-state index in [2.05, 4.69) is 15.3 Å². The Labute approximate surface area is 153 Å². The third-order valence-electron chi connectivity index (χ3n) is 4.08. The van der Waals surface area contributed by atoms with Crippen LogP contribution in [0.2, 0.25) is 0 Å². The van der Waals surface area contributed by atoms with Gasteiger partial charge in [-0.25, -0.2) is 13.8 Å². The predicted molar refractivity (Wildman–Crippen MR) is 101 cm³/mol. The van der Waals surface area contributed by atoms with Crippen molar-refractivity contribution in [3.63, 3.8) is 0 Å². The van der Waals surface area contributed by atoms with Crippen LogP contribution in [0.25, 0.3) is 22.3 Å². The number of hydrogen-bond acceptors (Lipinski definition) is 4. The second-order valence-electron chi connectivity index (χ2n) is 5.92. The van der Waals surface area contributed by atoms with Gasteiger partial charge in [-0.05, 0) is 24.6 Å². The first-order valence-corrected chi connectivity index (χ1v) is 8.05. The molecule has 0 fully saturated rings. The zero-order chi connectivity index (χ0) is 19.6. The molecule has 3 rings (SSSR count). The Hall–Kier alpha value is -3.55. The van der Waals surface area contributed by atoms with E-state index in [-0.39, 0.29) is 5.57 Å². The maximum Gasteiger partial charge on any atom is 0.278 e. The molecular formula is C19H17F2N5O. The molecule has 0 unspecified atom stereocenters. The highest BCUT2D eigenvalue weighted by Crippen LogP contribution is 2.24. The minimum Gasteiger partial charge on any atom is -0.397 e. The monoisotopic (exact) mass is 369 g/mol. The summed E-state index contributed by atoms with van der Waals surface area (Å²) in [5, 5.41) is 11.0. The number of aromatic nitrogens is 2. The van der Waals surface area contributed by atoms with Crippen LogP contribution in [0, 0.1) is 5.41 Å². The zero-order valence-electron chi connectivity index (χ0n) is 14.4. The van der Waals surface area contributed by atoms with Gasteiger partial charge in [-0.15, -0.1) is 0 Å². The van der Waals surface area contributed by atoms with Crippen LogP contribution in [0.5, 0.6) is 0 Å². The fourth-order valence-corrected chi connectivity index (χ4v) is 2.53. The number of allylic oxidation sites excluding steroid dienone is 1. The van der Waals surface area contributed by atoms with Crippen molar-refractivity contribution >= 4 is 28.3 Å². The normalized spacial score (nSPS) is 12.1. The molecule has 0 saturated heterocycles. The van der Waals surface area contributed by atoms with Crippen LogP contribution in [0.1, 0.15) is 6.92 Å². The number of rotatable bonds is 5. The molecule has 0 bridgehead atoms. The fraction of sp³-hybridized carbons (Fsp3) is 0.105. The molecule has 6 nitrogen and oxygen atoms in total. The van der Waals surface area contributed by atoms with E-state index in [9.17, 15) is 13.6 Å². The highest BCUT2D eigenvalue weighted by Gasteiger charge is 2.19. The third-order valence-corrected chi connectivity index (χ3v) is 4.08. The Kier molecular flexibility index (Phi) is 4.98. The van der Waals surface area contributed by atoms with Crippen LogP contribution < -0.4 is 11.1 Å². The topological polar surface area (TPSA) is 108 Å². The largest absolute Gasteiger partial charge is 0.397 e. The Balaban J connectivity index is 1.82. The van der Waals surface area contributed by atoms with Crippen LogP contribution in [0.4, 0.5) is 14.5 Å². The summed E-state index contributed by atoms with van der Waals surface area (Å²) in [5.74, 6) is -0.837. The van der Waals surface area contributed by atoms with Crippen molar-refractivity contribution < 1.29 is 13.6 Å². The van der Waals surface area contributed by atoms with Gasteiger partial charge in [-0.2, -0.15) is 0 Å². The van der Waals surface area contributed by atoms with Gasteiger partial charge in [0.15, 0.2) is 0 Å². The van der Waals surface area contributed by atoms with E-state index >= 15 is 0 Å². The summed E-state index contributed by atoms with van der Waals surface area (Å²) >= 11 is 0. The summed E-state index contributed by atoms with van der Waals surface area (Å²) in [6.45, 7) is 1.21. The second-order valence-corrected chi connectivity index (χ2v) is 5.92. The number of fused-ring (bicyclic) bond motifs is 1. The van der Waals surface area contributed by atoms with Crippen molar-refractivity contribution in [3.05, 3.63) is 59.9 Å². The second kappa shape index (κ2) is 7.36. The lowest BCUT2D eigenvalue weighted by atomic mass is 10.1. The average Bonchev–Trinajstić information content (AvgIpc) is 3.10. The van der Waals surface area contributed by atoms with Crippen molar-refractivity contribution in [3.8, 4) is 11.3 Å². The highest BCUT2D eigenvalue weighted by molar-refractivity contribution is 6.47. The lowest BCUT2D eigenvalue weighted by molar-refractivity contribution is -0.110. The van der Waals surface area contributed by atoms with E-state index in [1.165, 1.54) is 13.1 Å². The summed E-state index contributed by atoms with van der Waals surface area (Å²) in [7, 11) is 0. The van der Waals surface area contributed by atoms with Gasteiger partial charge >= 0.3 is 0 Å². The summed E-state index contributed by atoms with van der Waals surface area (Å²) in [4.78, 5) is 19.6. The molecule has 8 heteroatoms. The van der Waals surface area contributed by atoms with Crippen molar-refractivity contribution in [2.45, 2.75) is 13.3 Å². The summed E-state index contributed by atoms with van der Waals surface area (Å²) in [6, 6.07) is 13.3. The van der Waals surface area contributed by atoms with E-state index in [1.54, 1.807) is 6.07 Å². The number of hydrogen-bond donors (Lipinski definition) is 4. The van der Waals surface area contributed by atoms with Crippen molar-refractivity contribution in [1.82, 2.24) is 9.97 Å².